The zero-order valence-electron chi connectivity index (χ0n) is 18.4. The average molecular weight is 432 g/mol. The molecule has 0 atom stereocenters. The molecule has 1 fully saturated rings. The van der Waals surface area contributed by atoms with Gasteiger partial charge in [-0.1, -0.05) is 24.3 Å². The summed E-state index contributed by atoms with van der Waals surface area (Å²) < 4.78 is 7.37. The Labute approximate surface area is 187 Å². The van der Waals surface area contributed by atoms with Crippen LogP contribution in [-0.2, 0) is 11.2 Å². The van der Waals surface area contributed by atoms with Gasteiger partial charge in [-0.3, -0.25) is 14.2 Å². The van der Waals surface area contributed by atoms with Crippen LogP contribution >= 0.6 is 0 Å². The molecule has 2 aliphatic rings. The maximum absolute atomic E-state index is 12.7. The molecule has 1 aromatic heterocycles. The van der Waals surface area contributed by atoms with Crippen LogP contribution in [0.5, 0.6) is 0 Å². The van der Waals surface area contributed by atoms with E-state index in [2.05, 4.69) is 11.4 Å². The standard InChI is InChI=1S/C26H29N3O3/c1-32-18-12-10-17(11-13-18)28-21-15-16(9-14-19(21)26(27)31)25-20-5-2-3-6-22(20)29-23(25)7-4-8-24(29)30/h2-3,5-6,9,14-15,17-18,28H,4,7-8,10-13H2,1H3,(H2,27,31). The number of benzene rings is 2. The van der Waals surface area contributed by atoms with Crippen LogP contribution in [0.3, 0.4) is 0 Å². The van der Waals surface area contributed by atoms with E-state index in [1.54, 1.807) is 7.11 Å². The van der Waals surface area contributed by atoms with Crippen molar-refractivity contribution in [2.45, 2.75) is 57.1 Å². The number of anilines is 1. The lowest BCUT2D eigenvalue weighted by atomic mass is 9.92. The van der Waals surface area contributed by atoms with Crippen molar-refractivity contribution in [2.75, 3.05) is 12.4 Å². The summed E-state index contributed by atoms with van der Waals surface area (Å²) in [6, 6.07) is 14.1. The van der Waals surface area contributed by atoms with Gasteiger partial charge in [0.25, 0.3) is 5.91 Å². The van der Waals surface area contributed by atoms with Crippen molar-refractivity contribution < 1.29 is 14.3 Å². The topological polar surface area (TPSA) is 86.3 Å². The van der Waals surface area contributed by atoms with Crippen LogP contribution in [0.15, 0.2) is 42.5 Å². The number of ether oxygens (including phenoxy) is 1. The first kappa shape index (κ1) is 20.8. The van der Waals surface area contributed by atoms with Crippen molar-refractivity contribution in [1.82, 2.24) is 4.57 Å². The molecule has 0 saturated heterocycles. The second-order valence-corrected chi connectivity index (χ2v) is 8.90. The highest BCUT2D eigenvalue weighted by Gasteiger charge is 2.27. The number of methoxy groups -OCH3 is 1. The molecule has 1 saturated carbocycles. The van der Waals surface area contributed by atoms with E-state index >= 15 is 0 Å². The Balaban J connectivity index is 1.58. The number of primary amides is 1. The highest BCUT2D eigenvalue weighted by atomic mass is 16.5. The van der Waals surface area contributed by atoms with E-state index < -0.39 is 5.91 Å². The molecule has 166 valence electrons. The van der Waals surface area contributed by atoms with Gasteiger partial charge in [-0.15, -0.1) is 0 Å². The van der Waals surface area contributed by atoms with Gasteiger partial charge in [0, 0.05) is 41.9 Å². The average Bonchev–Trinajstić information content (AvgIpc) is 3.15. The molecule has 2 aromatic carbocycles. The van der Waals surface area contributed by atoms with Crippen LogP contribution < -0.4 is 11.1 Å². The number of nitrogens with zero attached hydrogens (tertiary/aromatic N) is 1. The van der Waals surface area contributed by atoms with Crippen LogP contribution in [0.1, 0.15) is 59.4 Å². The molecule has 0 bridgehead atoms. The molecule has 3 aromatic rings. The molecule has 2 heterocycles. The maximum atomic E-state index is 12.7. The number of para-hydroxylation sites is 1. The number of carbonyl (C=O) groups is 2. The fourth-order valence-corrected chi connectivity index (χ4v) is 5.35. The molecule has 0 unspecified atom stereocenters. The van der Waals surface area contributed by atoms with Crippen LogP contribution in [-0.4, -0.2) is 35.6 Å². The molecule has 32 heavy (non-hydrogen) atoms. The summed E-state index contributed by atoms with van der Waals surface area (Å²) in [7, 11) is 1.76. The highest BCUT2D eigenvalue weighted by Crippen LogP contribution is 2.39. The number of nitrogens with two attached hydrogens (primary N) is 1. The molecular weight excluding hydrogens is 402 g/mol. The fraction of sp³-hybridized carbons (Fsp3) is 0.385. The number of hydrogen-bond donors (Lipinski definition) is 2. The number of aromatic nitrogens is 1. The van der Waals surface area contributed by atoms with Crippen LogP contribution in [0.2, 0.25) is 0 Å². The summed E-state index contributed by atoms with van der Waals surface area (Å²) >= 11 is 0. The molecule has 0 radical (unpaired) electrons. The fourth-order valence-electron chi connectivity index (χ4n) is 5.35. The maximum Gasteiger partial charge on any atom is 0.250 e. The largest absolute Gasteiger partial charge is 0.382 e. The zero-order valence-corrected chi connectivity index (χ0v) is 18.4. The number of nitrogens with one attached hydrogen (secondary N) is 1. The van der Waals surface area contributed by atoms with Crippen molar-refractivity contribution in [3.8, 4) is 11.1 Å². The Morgan fingerprint density at radius 2 is 1.88 bits per heavy atom. The molecule has 1 aliphatic heterocycles. The number of amides is 1. The van der Waals surface area contributed by atoms with Crippen LogP contribution in [0, 0.1) is 0 Å². The predicted octanol–water partition coefficient (Wildman–Crippen LogP) is 4.75. The first-order valence-electron chi connectivity index (χ1n) is 11.5. The molecule has 0 spiro atoms. The first-order valence-corrected chi connectivity index (χ1v) is 11.5. The SMILES string of the molecule is COC1CCC(Nc2cc(-c3c4n(c5ccccc35)C(=O)CCC4)ccc2C(N)=O)CC1. The minimum absolute atomic E-state index is 0.149. The van der Waals surface area contributed by atoms with Crippen LogP contribution in [0.25, 0.3) is 22.0 Å². The summed E-state index contributed by atoms with van der Waals surface area (Å²) in [4.78, 5) is 24.9. The van der Waals surface area contributed by atoms with Crippen molar-refractivity contribution in [1.29, 1.82) is 0 Å². The first-order chi connectivity index (χ1) is 15.6. The molecule has 1 amide bonds. The van der Waals surface area contributed by atoms with E-state index in [-0.39, 0.29) is 11.9 Å². The third kappa shape index (κ3) is 3.58. The van der Waals surface area contributed by atoms with E-state index in [1.807, 2.05) is 41.0 Å². The third-order valence-electron chi connectivity index (χ3n) is 6.97. The smallest absolute Gasteiger partial charge is 0.250 e. The summed E-state index contributed by atoms with van der Waals surface area (Å²) in [5.74, 6) is -0.292. The van der Waals surface area contributed by atoms with Gasteiger partial charge in [0.05, 0.1) is 17.2 Å². The second-order valence-electron chi connectivity index (χ2n) is 8.90. The predicted molar refractivity (Wildman–Crippen MR) is 126 cm³/mol. The molecule has 6 heteroatoms. The molecular formula is C26H29N3O3. The van der Waals surface area contributed by atoms with Gasteiger partial charge < -0.3 is 15.8 Å². The highest BCUT2D eigenvalue weighted by molar-refractivity contribution is 6.06. The Bertz CT molecular complexity index is 1190. The summed E-state index contributed by atoms with van der Waals surface area (Å²) in [5.41, 5.74) is 11.1. The number of hydrogen-bond acceptors (Lipinski definition) is 4. The Morgan fingerprint density at radius 1 is 1.09 bits per heavy atom. The zero-order chi connectivity index (χ0) is 22.2. The van der Waals surface area contributed by atoms with Crippen LogP contribution in [0.4, 0.5) is 5.69 Å². The van der Waals surface area contributed by atoms with Gasteiger partial charge in [0.2, 0.25) is 5.91 Å². The van der Waals surface area contributed by atoms with E-state index in [0.29, 0.717) is 18.1 Å². The Morgan fingerprint density at radius 3 is 2.62 bits per heavy atom. The minimum atomic E-state index is -0.441. The van der Waals surface area contributed by atoms with Crippen molar-refractivity contribution in [3.63, 3.8) is 0 Å². The Hall–Kier alpha value is -3.12. The lowest BCUT2D eigenvalue weighted by molar-refractivity contribution is 0.0681. The van der Waals surface area contributed by atoms with Crippen molar-refractivity contribution in [3.05, 3.63) is 53.7 Å². The van der Waals surface area contributed by atoms with Gasteiger partial charge >= 0.3 is 0 Å². The number of fused-ring (bicyclic) bond motifs is 3. The summed E-state index contributed by atoms with van der Waals surface area (Å²) in [6.45, 7) is 0. The van der Waals surface area contributed by atoms with Gasteiger partial charge in [0.1, 0.15) is 0 Å². The minimum Gasteiger partial charge on any atom is -0.382 e. The summed E-state index contributed by atoms with van der Waals surface area (Å²) in [6.07, 6.45) is 6.57. The van der Waals surface area contributed by atoms with E-state index in [4.69, 9.17) is 10.5 Å². The van der Waals surface area contributed by atoms with Crippen molar-refractivity contribution >= 4 is 28.4 Å². The molecule has 1 aliphatic carbocycles. The third-order valence-corrected chi connectivity index (χ3v) is 6.97. The van der Waals surface area contributed by atoms with Crippen molar-refractivity contribution in [2.24, 2.45) is 5.73 Å². The number of rotatable bonds is 5. The second kappa shape index (κ2) is 8.43. The number of carbonyl (C=O) groups excluding carboxylic acids is 2. The van der Waals surface area contributed by atoms with E-state index in [1.165, 1.54) is 0 Å². The van der Waals surface area contributed by atoms with Gasteiger partial charge in [-0.2, -0.15) is 0 Å². The van der Waals surface area contributed by atoms with Gasteiger partial charge in [-0.05, 0) is 62.3 Å². The monoisotopic (exact) mass is 431 g/mol. The van der Waals surface area contributed by atoms with Gasteiger partial charge in [0.15, 0.2) is 0 Å². The molecule has 5 rings (SSSR count). The normalized spacial score (nSPS) is 20.8. The summed E-state index contributed by atoms with van der Waals surface area (Å²) in [5, 5.41) is 4.65. The Kier molecular flexibility index (Phi) is 5.47. The molecule has 6 nitrogen and oxygen atoms in total. The lowest BCUT2D eigenvalue weighted by Crippen LogP contribution is -2.30. The van der Waals surface area contributed by atoms with Gasteiger partial charge in [-0.25, -0.2) is 0 Å². The lowest BCUT2D eigenvalue weighted by Gasteiger charge is -2.29. The quantitative estimate of drug-likeness (QED) is 0.610. The molecule has 3 N–H and O–H groups in total. The van der Waals surface area contributed by atoms with E-state index in [0.717, 1.165) is 71.9 Å². The van der Waals surface area contributed by atoms with E-state index in [9.17, 15) is 9.59 Å².